The zero-order valence-corrected chi connectivity index (χ0v) is 4.83. The third kappa shape index (κ3) is 3.64. The highest BCUT2D eigenvalue weighted by Crippen LogP contribution is 1.90. The van der Waals surface area contributed by atoms with Gasteiger partial charge >= 0.3 is 0 Å². The van der Waals surface area contributed by atoms with Crippen molar-refractivity contribution in [3.05, 3.63) is 12.8 Å². The van der Waals surface area contributed by atoms with Gasteiger partial charge in [-0.05, 0) is 6.92 Å². The normalized spacial score (nSPS) is 12.8. The second kappa shape index (κ2) is 4.61. The zero-order chi connectivity index (χ0) is 6.41. The fourth-order valence-electron chi connectivity index (χ4n) is 0.280. The van der Waals surface area contributed by atoms with Gasteiger partial charge in [0.1, 0.15) is 6.79 Å². The highest BCUT2D eigenvalue weighted by atomic mass is 16.7. The van der Waals surface area contributed by atoms with Gasteiger partial charge in [0, 0.05) is 0 Å². The first-order chi connectivity index (χ1) is 3.81. The molecule has 1 atom stereocenters. The Morgan fingerprint density at radius 3 is 2.88 bits per heavy atom. The molecule has 0 aromatic carbocycles. The van der Waals surface area contributed by atoms with Crippen molar-refractivity contribution in [1.29, 1.82) is 0 Å². The molecule has 0 fully saturated rings. The number of aliphatic hydroxyl groups is 1. The van der Waals surface area contributed by atoms with E-state index in [1.165, 1.54) is 6.26 Å². The van der Waals surface area contributed by atoms with Crippen LogP contribution in [0.5, 0.6) is 0 Å². The van der Waals surface area contributed by atoms with Crippen molar-refractivity contribution in [3.8, 4) is 0 Å². The average Bonchev–Trinajstić information content (AvgIpc) is 1.68. The van der Waals surface area contributed by atoms with Crippen molar-refractivity contribution in [2.75, 3.05) is 6.79 Å². The molecule has 3 heteroatoms. The molecule has 0 bridgehead atoms. The molecule has 8 heavy (non-hydrogen) atoms. The summed E-state index contributed by atoms with van der Waals surface area (Å²) in [5.74, 6) is 0. The lowest BCUT2D eigenvalue weighted by Gasteiger charge is -2.08. The summed E-state index contributed by atoms with van der Waals surface area (Å²) >= 11 is 0. The van der Waals surface area contributed by atoms with Crippen LogP contribution < -0.4 is 0 Å². The monoisotopic (exact) mass is 118 g/mol. The Morgan fingerprint density at radius 1 is 1.88 bits per heavy atom. The van der Waals surface area contributed by atoms with E-state index in [-0.39, 0.29) is 6.79 Å². The minimum atomic E-state index is -0.405. The third-order valence-corrected chi connectivity index (χ3v) is 0.597. The molecule has 0 aliphatic rings. The van der Waals surface area contributed by atoms with Crippen molar-refractivity contribution in [3.63, 3.8) is 0 Å². The van der Waals surface area contributed by atoms with E-state index in [2.05, 4.69) is 16.1 Å². The van der Waals surface area contributed by atoms with Crippen LogP contribution >= 0.6 is 0 Å². The summed E-state index contributed by atoms with van der Waals surface area (Å²) in [6.45, 7) is 4.64. The molecule has 0 spiro atoms. The van der Waals surface area contributed by atoms with Crippen molar-refractivity contribution < 1.29 is 14.6 Å². The fraction of sp³-hybridized carbons (Fsp3) is 0.600. The fourth-order valence-corrected chi connectivity index (χ4v) is 0.280. The molecule has 3 nitrogen and oxygen atoms in total. The number of aliphatic hydroxyl groups excluding tert-OH is 1. The largest absolute Gasteiger partial charge is 0.473 e. The Labute approximate surface area is 48.5 Å². The van der Waals surface area contributed by atoms with Crippen molar-refractivity contribution in [2.45, 2.75) is 13.2 Å². The molecule has 0 aliphatic carbocycles. The van der Waals surface area contributed by atoms with Crippen LogP contribution in [0, 0.1) is 0 Å². The van der Waals surface area contributed by atoms with Gasteiger partial charge in [0.05, 0.1) is 6.26 Å². The van der Waals surface area contributed by atoms with Crippen LogP contribution in [0.15, 0.2) is 12.8 Å². The maximum atomic E-state index is 8.13. The first-order valence-electron chi connectivity index (χ1n) is 2.30. The Balaban J connectivity index is 3.03. The topological polar surface area (TPSA) is 38.7 Å². The van der Waals surface area contributed by atoms with Crippen LogP contribution in [0.25, 0.3) is 0 Å². The van der Waals surface area contributed by atoms with Crippen LogP contribution in [-0.2, 0) is 9.47 Å². The first-order valence-corrected chi connectivity index (χ1v) is 2.30. The van der Waals surface area contributed by atoms with Gasteiger partial charge in [-0.2, -0.15) is 0 Å². The zero-order valence-electron chi connectivity index (χ0n) is 4.83. The Morgan fingerprint density at radius 2 is 2.50 bits per heavy atom. The van der Waals surface area contributed by atoms with E-state index in [1.54, 1.807) is 6.92 Å². The maximum Gasteiger partial charge on any atom is 0.198 e. The summed E-state index contributed by atoms with van der Waals surface area (Å²) in [4.78, 5) is 0. The molecule has 0 radical (unpaired) electrons. The Kier molecular flexibility index (Phi) is 4.30. The summed E-state index contributed by atoms with van der Waals surface area (Å²) < 4.78 is 9.21. The number of rotatable bonds is 4. The molecular formula is C5H10O3. The summed E-state index contributed by atoms with van der Waals surface area (Å²) in [6, 6.07) is 0. The Hall–Kier alpha value is -0.540. The van der Waals surface area contributed by atoms with Gasteiger partial charge in [0.2, 0.25) is 0 Å². The standard InChI is InChI=1S/C5H10O3/c1-3-7-5(2)8-4-6/h3,5-6H,1,4H2,2H3. The number of hydrogen-bond donors (Lipinski definition) is 1. The molecule has 0 amide bonds. The highest BCUT2D eigenvalue weighted by molar-refractivity contribution is 4.48. The van der Waals surface area contributed by atoms with E-state index >= 15 is 0 Å². The van der Waals surface area contributed by atoms with Crippen LogP contribution in [0.1, 0.15) is 6.92 Å². The second-order valence-electron chi connectivity index (χ2n) is 1.17. The smallest absolute Gasteiger partial charge is 0.198 e. The summed E-state index contributed by atoms with van der Waals surface area (Å²) in [5, 5.41) is 8.13. The predicted molar refractivity (Wildman–Crippen MR) is 28.9 cm³/mol. The molecule has 0 rings (SSSR count). The van der Waals surface area contributed by atoms with E-state index in [9.17, 15) is 0 Å². The van der Waals surface area contributed by atoms with E-state index < -0.39 is 6.29 Å². The van der Waals surface area contributed by atoms with Crippen molar-refractivity contribution in [1.82, 2.24) is 0 Å². The minimum Gasteiger partial charge on any atom is -0.473 e. The van der Waals surface area contributed by atoms with Gasteiger partial charge in [0.25, 0.3) is 0 Å². The molecule has 0 aromatic rings. The van der Waals surface area contributed by atoms with Gasteiger partial charge in [-0.15, -0.1) is 0 Å². The van der Waals surface area contributed by atoms with Gasteiger partial charge in [0.15, 0.2) is 6.29 Å². The van der Waals surface area contributed by atoms with Gasteiger partial charge in [-0.3, -0.25) is 0 Å². The molecule has 0 saturated heterocycles. The Bertz CT molecular complexity index is 62.7. The lowest BCUT2D eigenvalue weighted by molar-refractivity contribution is -0.144. The van der Waals surface area contributed by atoms with Crippen LogP contribution in [0.2, 0.25) is 0 Å². The molecule has 0 saturated carbocycles. The SMILES string of the molecule is C=COC(C)OCO. The maximum absolute atomic E-state index is 8.13. The van der Waals surface area contributed by atoms with Crippen molar-refractivity contribution in [2.24, 2.45) is 0 Å². The summed E-state index contributed by atoms with van der Waals surface area (Å²) in [5.41, 5.74) is 0. The molecule has 48 valence electrons. The molecule has 0 heterocycles. The summed E-state index contributed by atoms with van der Waals surface area (Å²) in [6.07, 6.45) is 0.859. The van der Waals surface area contributed by atoms with E-state index in [4.69, 9.17) is 5.11 Å². The molecule has 0 aromatic heterocycles. The number of ether oxygens (including phenoxy) is 2. The molecule has 1 N–H and O–H groups in total. The second-order valence-corrected chi connectivity index (χ2v) is 1.17. The number of hydrogen-bond acceptors (Lipinski definition) is 3. The molecular weight excluding hydrogens is 108 g/mol. The lowest BCUT2D eigenvalue weighted by atomic mass is 10.7. The summed E-state index contributed by atoms with van der Waals surface area (Å²) in [7, 11) is 0. The van der Waals surface area contributed by atoms with Crippen LogP contribution in [0.3, 0.4) is 0 Å². The van der Waals surface area contributed by atoms with Crippen molar-refractivity contribution >= 4 is 0 Å². The van der Waals surface area contributed by atoms with Crippen LogP contribution in [-0.4, -0.2) is 18.2 Å². The lowest BCUT2D eigenvalue weighted by Crippen LogP contribution is -2.09. The van der Waals surface area contributed by atoms with E-state index in [0.717, 1.165) is 0 Å². The van der Waals surface area contributed by atoms with Gasteiger partial charge < -0.3 is 14.6 Å². The first kappa shape index (κ1) is 7.46. The van der Waals surface area contributed by atoms with E-state index in [0.29, 0.717) is 0 Å². The average molecular weight is 118 g/mol. The van der Waals surface area contributed by atoms with Gasteiger partial charge in [-0.25, -0.2) is 0 Å². The molecule has 0 aliphatic heterocycles. The predicted octanol–water partition coefficient (Wildman–Crippen LogP) is 0.459. The quantitative estimate of drug-likeness (QED) is 0.430. The minimum absolute atomic E-state index is 0.324. The van der Waals surface area contributed by atoms with Crippen LogP contribution in [0.4, 0.5) is 0 Å². The van der Waals surface area contributed by atoms with E-state index in [1.807, 2.05) is 0 Å². The molecule has 1 unspecified atom stereocenters. The highest BCUT2D eigenvalue weighted by Gasteiger charge is 1.94. The third-order valence-electron chi connectivity index (χ3n) is 0.597. The van der Waals surface area contributed by atoms with Gasteiger partial charge in [-0.1, -0.05) is 6.58 Å².